The van der Waals surface area contributed by atoms with Crippen LogP contribution in [0, 0.1) is 12.3 Å². The minimum Gasteiger partial charge on any atom is -0.477 e. The second-order valence-corrected chi connectivity index (χ2v) is 6.58. The summed E-state index contributed by atoms with van der Waals surface area (Å²) >= 11 is 0. The quantitative estimate of drug-likeness (QED) is 0.799. The van der Waals surface area contributed by atoms with Crippen LogP contribution in [0.25, 0.3) is 0 Å². The van der Waals surface area contributed by atoms with Crippen molar-refractivity contribution >= 4 is 16.0 Å². The van der Waals surface area contributed by atoms with Crippen molar-refractivity contribution in [2.24, 2.45) is 0 Å². The summed E-state index contributed by atoms with van der Waals surface area (Å²) in [4.78, 5) is 11.2. The van der Waals surface area contributed by atoms with Crippen molar-refractivity contribution in [3.8, 4) is 12.3 Å². The molecule has 0 radical (unpaired) electrons. The third-order valence-electron chi connectivity index (χ3n) is 3.24. The summed E-state index contributed by atoms with van der Waals surface area (Å²) in [7, 11) is -3.75. The minimum absolute atomic E-state index is 0.00263. The zero-order valence-corrected chi connectivity index (χ0v) is 11.9. The molecule has 0 bridgehead atoms. The Morgan fingerprint density at radius 1 is 1.60 bits per heavy atom. The van der Waals surface area contributed by atoms with Gasteiger partial charge in [0.2, 0.25) is 10.0 Å². The zero-order valence-electron chi connectivity index (χ0n) is 11.1. The lowest BCUT2D eigenvalue weighted by Crippen LogP contribution is -2.31. The van der Waals surface area contributed by atoms with Gasteiger partial charge in [0.15, 0.2) is 0 Å². The summed E-state index contributed by atoms with van der Waals surface area (Å²) in [6, 6.07) is 1.29. The van der Waals surface area contributed by atoms with E-state index in [-0.39, 0.29) is 29.7 Å². The van der Waals surface area contributed by atoms with Gasteiger partial charge in [-0.2, -0.15) is 4.31 Å². The molecule has 2 rings (SSSR count). The number of aromatic carboxylic acids is 1. The molecule has 1 saturated carbocycles. The Kier molecular flexibility index (Phi) is 3.88. The molecule has 1 aromatic heterocycles. The lowest BCUT2D eigenvalue weighted by Gasteiger charge is -2.16. The van der Waals surface area contributed by atoms with Crippen LogP contribution in [0.5, 0.6) is 0 Å². The molecule has 6 nitrogen and oxygen atoms in total. The summed E-state index contributed by atoms with van der Waals surface area (Å²) in [6.45, 7) is 1.89. The lowest BCUT2D eigenvalue weighted by molar-refractivity contribution is 0.0685. The van der Waals surface area contributed by atoms with Crippen LogP contribution < -0.4 is 0 Å². The van der Waals surface area contributed by atoms with Gasteiger partial charge in [0.1, 0.15) is 10.6 Å². The predicted molar refractivity (Wildman–Crippen MR) is 72.9 cm³/mol. The van der Waals surface area contributed by atoms with E-state index in [2.05, 4.69) is 5.92 Å². The molecule has 0 spiro atoms. The maximum absolute atomic E-state index is 12.4. The third-order valence-corrected chi connectivity index (χ3v) is 5.13. The monoisotopic (exact) mass is 296 g/mol. The van der Waals surface area contributed by atoms with Gasteiger partial charge in [-0.25, -0.2) is 13.2 Å². The van der Waals surface area contributed by atoms with E-state index in [1.807, 2.05) is 0 Å². The van der Waals surface area contributed by atoms with Crippen molar-refractivity contribution in [3.63, 3.8) is 0 Å². The fourth-order valence-electron chi connectivity index (χ4n) is 2.04. The maximum Gasteiger partial charge on any atom is 0.352 e. The summed E-state index contributed by atoms with van der Waals surface area (Å²) in [5.41, 5.74) is 0.00263. The number of sulfonamides is 1. The van der Waals surface area contributed by atoms with Gasteiger partial charge < -0.3 is 9.67 Å². The SMILES string of the molecule is C#CCN(CC)S(=O)(=O)c1cc(C(=O)O)n(C2CC2)c1. The van der Waals surface area contributed by atoms with Gasteiger partial charge in [-0.3, -0.25) is 0 Å². The summed E-state index contributed by atoms with van der Waals surface area (Å²) < 4.78 is 27.5. The highest BCUT2D eigenvalue weighted by Gasteiger charge is 2.32. The molecular formula is C13H16N2O4S. The number of rotatable bonds is 6. The highest BCUT2D eigenvalue weighted by molar-refractivity contribution is 7.89. The largest absolute Gasteiger partial charge is 0.477 e. The van der Waals surface area contributed by atoms with Crippen LogP contribution in [-0.4, -0.2) is 41.5 Å². The highest BCUT2D eigenvalue weighted by Crippen LogP contribution is 2.37. The normalized spacial score (nSPS) is 15.2. The molecule has 1 aliphatic carbocycles. The van der Waals surface area contributed by atoms with Crippen LogP contribution in [0.15, 0.2) is 17.2 Å². The summed E-state index contributed by atoms with van der Waals surface area (Å²) in [6.07, 6.45) is 8.31. The fourth-order valence-corrected chi connectivity index (χ4v) is 3.43. The molecule has 0 aliphatic heterocycles. The second-order valence-electron chi connectivity index (χ2n) is 4.64. The third kappa shape index (κ3) is 2.57. The lowest BCUT2D eigenvalue weighted by atomic mass is 10.4. The van der Waals surface area contributed by atoms with E-state index in [4.69, 9.17) is 11.5 Å². The second kappa shape index (κ2) is 5.31. The van der Waals surface area contributed by atoms with Gasteiger partial charge in [0, 0.05) is 18.8 Å². The first-order valence-corrected chi connectivity index (χ1v) is 7.74. The average molecular weight is 296 g/mol. The molecule has 108 valence electrons. The van der Waals surface area contributed by atoms with Crippen LogP contribution >= 0.6 is 0 Å². The van der Waals surface area contributed by atoms with Gasteiger partial charge in [0.05, 0.1) is 6.54 Å². The number of carbonyl (C=O) groups is 1. The Morgan fingerprint density at radius 3 is 2.70 bits per heavy atom. The van der Waals surface area contributed by atoms with Crippen molar-refractivity contribution in [2.75, 3.05) is 13.1 Å². The maximum atomic E-state index is 12.4. The van der Waals surface area contributed by atoms with Gasteiger partial charge >= 0.3 is 5.97 Å². The minimum atomic E-state index is -3.75. The van der Waals surface area contributed by atoms with Crippen LogP contribution in [-0.2, 0) is 10.0 Å². The Bertz CT molecular complexity index is 665. The number of aromatic nitrogens is 1. The standard InChI is InChI=1S/C13H16N2O4S/c1-3-7-14(4-2)20(18,19)11-8-12(13(16)17)15(9-11)10-5-6-10/h1,8-10H,4-7H2,2H3,(H,16,17). The topological polar surface area (TPSA) is 79.6 Å². The van der Waals surface area contributed by atoms with E-state index < -0.39 is 16.0 Å². The Hall–Kier alpha value is -1.78. The van der Waals surface area contributed by atoms with Crippen LogP contribution in [0.2, 0.25) is 0 Å². The first-order valence-electron chi connectivity index (χ1n) is 6.30. The highest BCUT2D eigenvalue weighted by atomic mass is 32.2. The van der Waals surface area contributed by atoms with Crippen molar-refractivity contribution in [3.05, 3.63) is 18.0 Å². The van der Waals surface area contributed by atoms with E-state index in [1.165, 1.54) is 16.8 Å². The smallest absolute Gasteiger partial charge is 0.352 e. The number of nitrogens with zero attached hydrogens (tertiary/aromatic N) is 2. The molecule has 1 fully saturated rings. The predicted octanol–water partition coefficient (Wildman–Crippen LogP) is 1.17. The fraction of sp³-hybridized carbons (Fsp3) is 0.462. The Labute approximate surface area is 118 Å². The molecule has 1 N–H and O–H groups in total. The van der Waals surface area contributed by atoms with Gasteiger partial charge in [0.25, 0.3) is 0 Å². The molecule has 0 amide bonds. The van der Waals surface area contributed by atoms with E-state index in [9.17, 15) is 13.2 Å². The van der Waals surface area contributed by atoms with E-state index in [0.717, 1.165) is 17.1 Å². The van der Waals surface area contributed by atoms with Crippen LogP contribution in [0.3, 0.4) is 0 Å². The number of hydrogen-bond acceptors (Lipinski definition) is 3. The number of carboxylic acids is 1. The summed E-state index contributed by atoms with van der Waals surface area (Å²) in [5, 5.41) is 9.16. The summed E-state index contributed by atoms with van der Waals surface area (Å²) in [5.74, 6) is 1.17. The molecule has 7 heteroatoms. The van der Waals surface area contributed by atoms with Crippen molar-refractivity contribution < 1.29 is 18.3 Å². The molecule has 0 aromatic carbocycles. The Morgan fingerprint density at radius 2 is 2.25 bits per heavy atom. The van der Waals surface area contributed by atoms with E-state index in [1.54, 1.807) is 6.92 Å². The van der Waals surface area contributed by atoms with Crippen LogP contribution in [0.1, 0.15) is 36.3 Å². The number of carboxylic acid groups (broad SMARTS) is 1. The number of hydrogen-bond donors (Lipinski definition) is 1. The molecule has 0 saturated heterocycles. The molecule has 0 unspecified atom stereocenters. The van der Waals surface area contributed by atoms with Gasteiger partial charge in [-0.1, -0.05) is 12.8 Å². The van der Waals surface area contributed by atoms with Gasteiger partial charge in [-0.05, 0) is 18.9 Å². The zero-order chi connectivity index (χ0) is 14.9. The van der Waals surface area contributed by atoms with Gasteiger partial charge in [-0.15, -0.1) is 6.42 Å². The first kappa shape index (κ1) is 14.6. The van der Waals surface area contributed by atoms with E-state index in [0.29, 0.717) is 0 Å². The molecule has 20 heavy (non-hydrogen) atoms. The van der Waals surface area contributed by atoms with Crippen molar-refractivity contribution in [1.29, 1.82) is 0 Å². The molecule has 0 atom stereocenters. The van der Waals surface area contributed by atoms with E-state index >= 15 is 0 Å². The van der Waals surface area contributed by atoms with Crippen LogP contribution in [0.4, 0.5) is 0 Å². The number of terminal acetylenes is 1. The van der Waals surface area contributed by atoms with Crippen molar-refractivity contribution in [2.45, 2.75) is 30.7 Å². The molecule has 1 aromatic rings. The average Bonchev–Trinajstić information content (AvgIpc) is 3.13. The molecule has 1 aliphatic rings. The Balaban J connectivity index is 2.44. The molecular weight excluding hydrogens is 280 g/mol. The molecule has 1 heterocycles. The van der Waals surface area contributed by atoms with Crippen molar-refractivity contribution in [1.82, 2.24) is 8.87 Å². The first-order chi connectivity index (χ1) is 9.41.